The summed E-state index contributed by atoms with van der Waals surface area (Å²) in [6, 6.07) is 0. The number of hydrogen-bond donors (Lipinski definition) is 1. The first-order chi connectivity index (χ1) is 9.35. The molecule has 0 aromatic rings. The molecule has 1 N–H and O–H groups in total. The van der Waals surface area contributed by atoms with Crippen molar-refractivity contribution in [1.29, 1.82) is 0 Å². The van der Waals surface area contributed by atoms with E-state index in [1.54, 1.807) is 0 Å². The van der Waals surface area contributed by atoms with E-state index in [4.69, 9.17) is 4.74 Å². The van der Waals surface area contributed by atoms with Gasteiger partial charge in [-0.1, -0.05) is 20.8 Å². The number of aliphatic hydroxyl groups is 1. The van der Waals surface area contributed by atoms with Crippen molar-refractivity contribution in [2.45, 2.75) is 70.5 Å². The maximum absolute atomic E-state index is 11.4. The third-order valence-electron chi connectivity index (χ3n) is 6.18. The minimum Gasteiger partial charge on any atom is -0.389 e. The molecular weight excluding hydrogens is 268 g/mol. The molecule has 0 aromatic heterocycles. The van der Waals surface area contributed by atoms with Crippen LogP contribution in [-0.2, 0) is 4.74 Å². The van der Waals surface area contributed by atoms with Crippen LogP contribution in [0.2, 0.25) is 0 Å². The van der Waals surface area contributed by atoms with Gasteiger partial charge in [0.15, 0.2) is 0 Å². The van der Waals surface area contributed by atoms with E-state index >= 15 is 0 Å². The smallest absolute Gasteiger partial charge is 0.0784 e. The molecule has 0 bridgehead atoms. The molecule has 2 saturated heterocycles. The SMILES string of the molecule is CC1CC(C)(C)CCC1(O)C1CCOC2(CCSC2)C1. The van der Waals surface area contributed by atoms with E-state index in [2.05, 4.69) is 20.8 Å². The molecule has 0 amide bonds. The summed E-state index contributed by atoms with van der Waals surface area (Å²) in [5.74, 6) is 3.23. The van der Waals surface area contributed by atoms with E-state index < -0.39 is 5.60 Å². The second-order valence-electron chi connectivity index (χ2n) is 8.28. The number of ether oxygens (including phenoxy) is 1. The molecule has 116 valence electrons. The molecule has 1 aliphatic carbocycles. The van der Waals surface area contributed by atoms with Gasteiger partial charge in [-0.3, -0.25) is 0 Å². The average Bonchev–Trinajstić information content (AvgIpc) is 2.82. The summed E-state index contributed by atoms with van der Waals surface area (Å²) in [6.45, 7) is 7.82. The van der Waals surface area contributed by atoms with Crippen LogP contribution in [0.15, 0.2) is 0 Å². The zero-order valence-corrected chi connectivity index (χ0v) is 14.1. The topological polar surface area (TPSA) is 29.5 Å². The third kappa shape index (κ3) is 2.66. The second kappa shape index (κ2) is 5.17. The fourth-order valence-corrected chi connectivity index (χ4v) is 6.20. The fourth-order valence-electron chi connectivity index (χ4n) is 4.82. The largest absolute Gasteiger partial charge is 0.389 e. The number of rotatable bonds is 1. The molecule has 1 spiro atoms. The van der Waals surface area contributed by atoms with Gasteiger partial charge in [-0.2, -0.15) is 11.8 Å². The first-order valence-electron chi connectivity index (χ1n) is 8.29. The van der Waals surface area contributed by atoms with Crippen LogP contribution in [0.5, 0.6) is 0 Å². The van der Waals surface area contributed by atoms with Gasteiger partial charge in [0.05, 0.1) is 11.2 Å². The monoisotopic (exact) mass is 298 g/mol. The molecule has 4 atom stereocenters. The van der Waals surface area contributed by atoms with Gasteiger partial charge >= 0.3 is 0 Å². The summed E-state index contributed by atoms with van der Waals surface area (Å²) in [5, 5.41) is 11.4. The molecule has 0 radical (unpaired) electrons. The summed E-state index contributed by atoms with van der Waals surface area (Å²) in [4.78, 5) is 0. The van der Waals surface area contributed by atoms with Crippen molar-refractivity contribution in [3.63, 3.8) is 0 Å². The average molecular weight is 298 g/mol. The lowest BCUT2D eigenvalue weighted by atomic mass is 9.59. The van der Waals surface area contributed by atoms with Gasteiger partial charge in [-0.15, -0.1) is 0 Å². The predicted octanol–water partition coefficient (Wildman–Crippen LogP) is 3.87. The minimum atomic E-state index is -0.445. The van der Waals surface area contributed by atoms with Crippen molar-refractivity contribution in [2.24, 2.45) is 17.3 Å². The molecule has 2 nitrogen and oxygen atoms in total. The zero-order chi connectivity index (χ0) is 14.4. The highest BCUT2D eigenvalue weighted by Crippen LogP contribution is 2.52. The van der Waals surface area contributed by atoms with E-state index in [1.807, 2.05) is 11.8 Å². The van der Waals surface area contributed by atoms with Gasteiger partial charge in [0.1, 0.15) is 0 Å². The molecule has 20 heavy (non-hydrogen) atoms. The van der Waals surface area contributed by atoms with E-state index in [-0.39, 0.29) is 5.60 Å². The highest BCUT2D eigenvalue weighted by molar-refractivity contribution is 7.99. The van der Waals surface area contributed by atoms with Gasteiger partial charge in [0.25, 0.3) is 0 Å². The van der Waals surface area contributed by atoms with E-state index in [1.165, 1.54) is 12.2 Å². The normalized spacial score (nSPS) is 48.6. The predicted molar refractivity (Wildman–Crippen MR) is 85.1 cm³/mol. The molecule has 3 rings (SSSR count). The summed E-state index contributed by atoms with van der Waals surface area (Å²) in [5.41, 5.74) is 0.0489. The van der Waals surface area contributed by atoms with Gasteiger partial charge in [-0.05, 0) is 61.5 Å². The molecule has 2 aliphatic heterocycles. The Bertz CT molecular complexity index is 362. The Morgan fingerprint density at radius 1 is 1.15 bits per heavy atom. The van der Waals surface area contributed by atoms with E-state index in [0.717, 1.165) is 44.5 Å². The van der Waals surface area contributed by atoms with Crippen LogP contribution < -0.4 is 0 Å². The first kappa shape index (κ1) is 15.2. The van der Waals surface area contributed by atoms with Crippen molar-refractivity contribution in [3.8, 4) is 0 Å². The van der Waals surface area contributed by atoms with E-state index in [9.17, 15) is 5.11 Å². The Kier molecular flexibility index (Phi) is 3.92. The second-order valence-corrected chi connectivity index (χ2v) is 9.39. The Morgan fingerprint density at radius 3 is 2.60 bits per heavy atom. The molecule has 1 saturated carbocycles. The fraction of sp³-hybridized carbons (Fsp3) is 1.00. The lowest BCUT2D eigenvalue weighted by molar-refractivity contribution is -0.169. The van der Waals surface area contributed by atoms with E-state index in [0.29, 0.717) is 17.3 Å². The number of hydrogen-bond acceptors (Lipinski definition) is 3. The van der Waals surface area contributed by atoms with Crippen LogP contribution in [0, 0.1) is 17.3 Å². The summed E-state index contributed by atoms with van der Waals surface area (Å²) in [7, 11) is 0. The Balaban J connectivity index is 1.74. The van der Waals surface area contributed by atoms with Crippen molar-refractivity contribution >= 4 is 11.8 Å². The summed E-state index contributed by atoms with van der Waals surface area (Å²) >= 11 is 2.02. The molecular formula is C17H30O2S. The van der Waals surface area contributed by atoms with Crippen LogP contribution in [0.1, 0.15) is 59.3 Å². The molecule has 2 heterocycles. The van der Waals surface area contributed by atoms with Crippen LogP contribution in [0.4, 0.5) is 0 Å². The molecule has 3 aliphatic rings. The quantitative estimate of drug-likeness (QED) is 0.797. The summed E-state index contributed by atoms with van der Waals surface area (Å²) in [6.07, 6.45) is 6.61. The Morgan fingerprint density at radius 2 is 1.95 bits per heavy atom. The lowest BCUT2D eigenvalue weighted by Gasteiger charge is -2.52. The van der Waals surface area contributed by atoms with Crippen molar-refractivity contribution in [3.05, 3.63) is 0 Å². The van der Waals surface area contributed by atoms with Crippen molar-refractivity contribution in [1.82, 2.24) is 0 Å². The van der Waals surface area contributed by atoms with Crippen LogP contribution in [0.3, 0.4) is 0 Å². The van der Waals surface area contributed by atoms with Gasteiger partial charge in [0, 0.05) is 12.4 Å². The van der Waals surface area contributed by atoms with Crippen molar-refractivity contribution < 1.29 is 9.84 Å². The first-order valence-corrected chi connectivity index (χ1v) is 9.45. The van der Waals surface area contributed by atoms with Gasteiger partial charge in [-0.25, -0.2) is 0 Å². The molecule has 3 fully saturated rings. The molecule has 4 unspecified atom stereocenters. The maximum Gasteiger partial charge on any atom is 0.0784 e. The third-order valence-corrected chi connectivity index (χ3v) is 7.40. The summed E-state index contributed by atoms with van der Waals surface area (Å²) < 4.78 is 6.14. The van der Waals surface area contributed by atoms with Gasteiger partial charge < -0.3 is 9.84 Å². The van der Waals surface area contributed by atoms with Gasteiger partial charge in [0.2, 0.25) is 0 Å². The minimum absolute atomic E-state index is 0.0933. The molecule has 0 aromatic carbocycles. The Hall–Kier alpha value is 0.270. The van der Waals surface area contributed by atoms with Crippen molar-refractivity contribution in [2.75, 3.05) is 18.1 Å². The van der Waals surface area contributed by atoms with Crippen LogP contribution in [-0.4, -0.2) is 34.4 Å². The zero-order valence-electron chi connectivity index (χ0n) is 13.3. The highest BCUT2D eigenvalue weighted by atomic mass is 32.2. The molecule has 3 heteroatoms. The maximum atomic E-state index is 11.4. The standard InChI is InChI=1S/C17H30O2S/c1-13-10-15(2,3)5-6-17(13,18)14-4-8-19-16(11-14)7-9-20-12-16/h13-14,18H,4-12H2,1-3H3. The lowest BCUT2D eigenvalue weighted by Crippen LogP contribution is -2.54. The Labute approximate surface area is 128 Å². The van der Waals surface area contributed by atoms with Crippen LogP contribution in [0.25, 0.3) is 0 Å². The highest BCUT2D eigenvalue weighted by Gasteiger charge is 2.52. The number of thioether (sulfide) groups is 1. The van der Waals surface area contributed by atoms with Crippen LogP contribution >= 0.6 is 11.8 Å².